The van der Waals surface area contributed by atoms with Gasteiger partial charge < -0.3 is 10.2 Å². The number of benzene rings is 1. The van der Waals surface area contributed by atoms with E-state index in [-0.39, 0.29) is 5.91 Å². The van der Waals surface area contributed by atoms with Gasteiger partial charge in [0, 0.05) is 25.2 Å². The van der Waals surface area contributed by atoms with E-state index in [1.165, 1.54) is 12.8 Å². The number of carbonyl (C=O) groups is 1. The maximum atomic E-state index is 11.4. The van der Waals surface area contributed by atoms with Crippen molar-refractivity contribution in [3.05, 3.63) is 18.2 Å². The molecule has 0 spiro atoms. The van der Waals surface area contributed by atoms with E-state index in [2.05, 4.69) is 15.2 Å². The van der Waals surface area contributed by atoms with Crippen LogP contribution >= 0.6 is 11.3 Å². The Morgan fingerprint density at radius 1 is 1.42 bits per heavy atom. The fourth-order valence-electron chi connectivity index (χ4n) is 2.28. The molecule has 1 saturated heterocycles. The molecule has 1 amide bonds. The highest BCUT2D eigenvalue weighted by molar-refractivity contribution is 7.22. The first-order valence-electron chi connectivity index (χ1n) is 6.71. The van der Waals surface area contributed by atoms with Crippen LogP contribution in [-0.4, -0.2) is 24.0 Å². The summed E-state index contributed by atoms with van der Waals surface area (Å²) in [6, 6.07) is 5.92. The van der Waals surface area contributed by atoms with Crippen LogP contribution in [0.5, 0.6) is 0 Å². The molecule has 1 aromatic carbocycles. The van der Waals surface area contributed by atoms with Gasteiger partial charge in [0.15, 0.2) is 5.13 Å². The normalized spacial score (nSPS) is 15.1. The minimum Gasteiger partial charge on any atom is -0.348 e. The Morgan fingerprint density at radius 2 is 2.21 bits per heavy atom. The Balaban J connectivity index is 1.88. The monoisotopic (exact) mass is 275 g/mol. The van der Waals surface area contributed by atoms with Crippen molar-refractivity contribution < 1.29 is 4.79 Å². The molecule has 1 N–H and O–H groups in total. The molecule has 4 nitrogen and oxygen atoms in total. The molecule has 1 aromatic heterocycles. The largest absolute Gasteiger partial charge is 0.348 e. The lowest BCUT2D eigenvalue weighted by Gasteiger charge is -2.11. The van der Waals surface area contributed by atoms with Crippen molar-refractivity contribution in [2.45, 2.75) is 26.2 Å². The summed E-state index contributed by atoms with van der Waals surface area (Å²) in [4.78, 5) is 18.4. The van der Waals surface area contributed by atoms with Gasteiger partial charge in [0.1, 0.15) is 0 Å². The summed E-state index contributed by atoms with van der Waals surface area (Å²) in [5.41, 5.74) is 1.87. The van der Waals surface area contributed by atoms with Crippen molar-refractivity contribution in [1.29, 1.82) is 0 Å². The molecule has 0 saturated carbocycles. The zero-order chi connectivity index (χ0) is 13.2. The first-order chi connectivity index (χ1) is 9.26. The van der Waals surface area contributed by atoms with Crippen LogP contribution < -0.4 is 10.2 Å². The molecule has 0 bridgehead atoms. The highest BCUT2D eigenvalue weighted by Gasteiger charge is 2.16. The predicted molar refractivity (Wildman–Crippen MR) is 80.0 cm³/mol. The van der Waals surface area contributed by atoms with Gasteiger partial charge in [0.2, 0.25) is 5.91 Å². The summed E-state index contributed by atoms with van der Waals surface area (Å²) in [7, 11) is 0. The van der Waals surface area contributed by atoms with E-state index in [1.807, 2.05) is 25.1 Å². The van der Waals surface area contributed by atoms with Gasteiger partial charge in [-0.3, -0.25) is 4.79 Å². The van der Waals surface area contributed by atoms with Gasteiger partial charge in [-0.25, -0.2) is 4.98 Å². The SMILES string of the molecule is CCC(=O)Nc1ccc2nc(N3CCCC3)sc2c1. The van der Waals surface area contributed by atoms with Crippen LogP contribution in [0.15, 0.2) is 18.2 Å². The molecule has 3 rings (SSSR count). The van der Waals surface area contributed by atoms with Crippen LogP contribution in [0.25, 0.3) is 10.2 Å². The van der Waals surface area contributed by atoms with Crippen molar-refractivity contribution >= 4 is 38.3 Å². The molecular formula is C14H17N3OS. The van der Waals surface area contributed by atoms with E-state index in [0.717, 1.165) is 34.1 Å². The Kier molecular flexibility index (Phi) is 3.38. The minimum absolute atomic E-state index is 0.0450. The fourth-order valence-corrected chi connectivity index (χ4v) is 3.34. The van der Waals surface area contributed by atoms with E-state index < -0.39 is 0 Å². The zero-order valence-corrected chi connectivity index (χ0v) is 11.8. The molecule has 0 atom stereocenters. The Bertz CT molecular complexity index is 602. The fraction of sp³-hybridized carbons (Fsp3) is 0.429. The van der Waals surface area contributed by atoms with E-state index in [0.29, 0.717) is 6.42 Å². The van der Waals surface area contributed by atoms with Crippen molar-refractivity contribution in [1.82, 2.24) is 4.98 Å². The molecule has 100 valence electrons. The van der Waals surface area contributed by atoms with Gasteiger partial charge in [-0.2, -0.15) is 0 Å². The molecule has 1 aliphatic rings. The van der Waals surface area contributed by atoms with Gasteiger partial charge in [0.05, 0.1) is 10.2 Å². The van der Waals surface area contributed by atoms with Gasteiger partial charge in [-0.15, -0.1) is 0 Å². The van der Waals surface area contributed by atoms with Crippen LogP contribution in [0.1, 0.15) is 26.2 Å². The zero-order valence-electron chi connectivity index (χ0n) is 11.0. The second-order valence-corrected chi connectivity index (χ2v) is 5.78. The molecular weight excluding hydrogens is 258 g/mol. The number of amides is 1. The Labute approximate surface area is 116 Å². The first kappa shape index (κ1) is 12.4. The molecule has 2 aromatic rings. The lowest BCUT2D eigenvalue weighted by Crippen LogP contribution is -2.16. The molecule has 2 heterocycles. The topological polar surface area (TPSA) is 45.2 Å². The average molecular weight is 275 g/mol. The summed E-state index contributed by atoms with van der Waals surface area (Å²) in [6.07, 6.45) is 3.02. The van der Waals surface area contributed by atoms with Crippen LogP contribution in [0.2, 0.25) is 0 Å². The third-order valence-electron chi connectivity index (χ3n) is 3.36. The van der Waals surface area contributed by atoms with Crippen LogP contribution in [0.4, 0.5) is 10.8 Å². The van der Waals surface area contributed by atoms with Gasteiger partial charge >= 0.3 is 0 Å². The van der Waals surface area contributed by atoms with Crippen molar-refractivity contribution in [2.75, 3.05) is 23.3 Å². The van der Waals surface area contributed by atoms with Gasteiger partial charge in [0.25, 0.3) is 0 Å². The Hall–Kier alpha value is -1.62. The first-order valence-corrected chi connectivity index (χ1v) is 7.53. The van der Waals surface area contributed by atoms with Gasteiger partial charge in [-0.05, 0) is 31.0 Å². The Morgan fingerprint density at radius 3 is 2.95 bits per heavy atom. The number of nitrogens with one attached hydrogen (secondary N) is 1. The van der Waals surface area contributed by atoms with E-state index in [9.17, 15) is 4.79 Å². The molecule has 1 aliphatic heterocycles. The number of hydrogen-bond acceptors (Lipinski definition) is 4. The lowest BCUT2D eigenvalue weighted by molar-refractivity contribution is -0.115. The van der Waals surface area contributed by atoms with Crippen molar-refractivity contribution in [3.63, 3.8) is 0 Å². The number of nitrogens with zero attached hydrogens (tertiary/aromatic N) is 2. The highest BCUT2D eigenvalue weighted by atomic mass is 32.1. The smallest absolute Gasteiger partial charge is 0.224 e. The summed E-state index contributed by atoms with van der Waals surface area (Å²) < 4.78 is 1.14. The lowest BCUT2D eigenvalue weighted by atomic mass is 10.3. The summed E-state index contributed by atoms with van der Waals surface area (Å²) in [6.45, 7) is 4.07. The third-order valence-corrected chi connectivity index (χ3v) is 4.44. The molecule has 0 radical (unpaired) electrons. The number of thiazole rings is 1. The van der Waals surface area contributed by atoms with Crippen molar-refractivity contribution in [2.24, 2.45) is 0 Å². The minimum atomic E-state index is 0.0450. The highest BCUT2D eigenvalue weighted by Crippen LogP contribution is 2.32. The number of hydrogen-bond donors (Lipinski definition) is 1. The second-order valence-electron chi connectivity index (χ2n) is 4.77. The quantitative estimate of drug-likeness (QED) is 0.935. The summed E-state index contributed by atoms with van der Waals surface area (Å²) >= 11 is 1.71. The van der Waals surface area contributed by atoms with Crippen LogP contribution in [0, 0.1) is 0 Å². The molecule has 5 heteroatoms. The van der Waals surface area contributed by atoms with Crippen LogP contribution in [-0.2, 0) is 4.79 Å². The number of aromatic nitrogens is 1. The summed E-state index contributed by atoms with van der Waals surface area (Å²) in [5.74, 6) is 0.0450. The molecule has 0 aliphatic carbocycles. The maximum absolute atomic E-state index is 11.4. The number of anilines is 2. The maximum Gasteiger partial charge on any atom is 0.224 e. The number of rotatable bonds is 3. The number of carbonyl (C=O) groups excluding carboxylic acids is 1. The predicted octanol–water partition coefficient (Wildman–Crippen LogP) is 3.25. The van der Waals surface area contributed by atoms with E-state index in [1.54, 1.807) is 11.3 Å². The molecule has 0 unspecified atom stereocenters. The average Bonchev–Trinajstić information content (AvgIpc) is 3.06. The van der Waals surface area contributed by atoms with Crippen molar-refractivity contribution in [3.8, 4) is 0 Å². The van der Waals surface area contributed by atoms with E-state index >= 15 is 0 Å². The third kappa shape index (κ3) is 2.56. The standard InChI is InChI=1S/C14H17N3OS/c1-2-13(18)15-10-5-6-11-12(9-10)19-14(16-11)17-7-3-4-8-17/h5-6,9H,2-4,7-8H2,1H3,(H,15,18). The number of fused-ring (bicyclic) bond motifs is 1. The molecule has 19 heavy (non-hydrogen) atoms. The van der Waals surface area contributed by atoms with E-state index in [4.69, 9.17) is 0 Å². The van der Waals surface area contributed by atoms with Gasteiger partial charge in [-0.1, -0.05) is 18.3 Å². The molecule has 1 fully saturated rings. The summed E-state index contributed by atoms with van der Waals surface area (Å²) in [5, 5.41) is 3.99. The van der Waals surface area contributed by atoms with Crippen LogP contribution in [0.3, 0.4) is 0 Å². The second kappa shape index (κ2) is 5.17.